The van der Waals surface area contributed by atoms with Crippen molar-refractivity contribution in [2.75, 3.05) is 7.11 Å². The van der Waals surface area contributed by atoms with Gasteiger partial charge in [0.05, 0.1) is 7.11 Å². The summed E-state index contributed by atoms with van der Waals surface area (Å²) in [5.41, 5.74) is 3.72. The second kappa shape index (κ2) is 5.57. The average molecular weight is 150 g/mol. The van der Waals surface area contributed by atoms with Gasteiger partial charge in [-0.05, 0) is 31.6 Å². The molecule has 0 fully saturated rings. The van der Waals surface area contributed by atoms with Crippen LogP contribution in [0.2, 0.25) is 0 Å². The summed E-state index contributed by atoms with van der Waals surface area (Å²) >= 11 is 0. The topological polar surface area (TPSA) is 9.23 Å². The lowest BCUT2D eigenvalue weighted by Gasteiger charge is -2.01. The zero-order valence-electron chi connectivity index (χ0n) is 7.35. The molecule has 0 aliphatic rings. The van der Waals surface area contributed by atoms with E-state index in [1.807, 2.05) is 26.0 Å². The van der Waals surface area contributed by atoms with E-state index in [0.29, 0.717) is 0 Å². The van der Waals surface area contributed by atoms with Crippen LogP contribution in [0.1, 0.15) is 13.8 Å². The molecule has 0 spiro atoms. The van der Waals surface area contributed by atoms with Crippen LogP contribution in [-0.4, -0.2) is 7.11 Å². The van der Waals surface area contributed by atoms with Gasteiger partial charge in [0.25, 0.3) is 0 Å². The van der Waals surface area contributed by atoms with E-state index >= 15 is 0 Å². The minimum absolute atomic E-state index is 0.851. The smallest absolute Gasteiger partial charge is 0.122 e. The predicted octanol–water partition coefficient (Wildman–Crippen LogP) is 2.82. The maximum absolute atomic E-state index is 5.10. The van der Waals surface area contributed by atoms with Crippen LogP contribution in [-0.2, 0) is 4.74 Å². The zero-order chi connectivity index (χ0) is 8.69. The van der Waals surface area contributed by atoms with E-state index < -0.39 is 0 Å². The van der Waals surface area contributed by atoms with Crippen molar-refractivity contribution in [3.63, 3.8) is 0 Å². The summed E-state index contributed by atoms with van der Waals surface area (Å²) in [6, 6.07) is 0. The number of hydrogen-bond acceptors (Lipinski definition) is 1. The molecule has 0 aliphatic heterocycles. The Bertz CT molecular complexity index is 215. The Labute approximate surface area is 68.4 Å². The Morgan fingerprint density at radius 1 is 1.55 bits per heavy atom. The fourth-order valence-corrected chi connectivity index (χ4v) is 0.736. The highest BCUT2D eigenvalue weighted by Crippen LogP contribution is 2.06. The van der Waals surface area contributed by atoms with E-state index in [0.717, 1.165) is 11.3 Å². The second-order valence-electron chi connectivity index (χ2n) is 2.10. The molecule has 0 aromatic carbocycles. The molecule has 0 rings (SSSR count). The van der Waals surface area contributed by atoms with Gasteiger partial charge >= 0.3 is 0 Å². The van der Waals surface area contributed by atoms with Crippen LogP contribution in [0, 0.1) is 0 Å². The molecular weight excluding hydrogens is 136 g/mol. The van der Waals surface area contributed by atoms with Crippen LogP contribution in [0.4, 0.5) is 0 Å². The predicted molar refractivity (Wildman–Crippen MR) is 48.2 cm³/mol. The summed E-state index contributed by atoms with van der Waals surface area (Å²) in [5.74, 6) is 0.851. The molecule has 1 nitrogen and oxygen atoms in total. The maximum Gasteiger partial charge on any atom is 0.122 e. The SMILES string of the molecule is C=C=C/C(C)=C(\C=C/C)OC. The average Bonchev–Trinajstić information content (AvgIpc) is 2.00. The van der Waals surface area contributed by atoms with E-state index in [9.17, 15) is 0 Å². The molecule has 1 heteroatoms. The summed E-state index contributed by atoms with van der Waals surface area (Å²) in [6.07, 6.45) is 5.63. The molecular formula is C10H14O. The highest BCUT2D eigenvalue weighted by atomic mass is 16.5. The van der Waals surface area contributed by atoms with Gasteiger partial charge in [-0.25, -0.2) is 0 Å². The number of hydrogen-bond donors (Lipinski definition) is 0. The van der Waals surface area contributed by atoms with E-state index in [4.69, 9.17) is 4.74 Å². The highest BCUT2D eigenvalue weighted by molar-refractivity contribution is 5.26. The van der Waals surface area contributed by atoms with Crippen molar-refractivity contribution in [3.8, 4) is 0 Å². The van der Waals surface area contributed by atoms with Crippen LogP contribution >= 0.6 is 0 Å². The second-order valence-corrected chi connectivity index (χ2v) is 2.10. The van der Waals surface area contributed by atoms with E-state index in [-0.39, 0.29) is 0 Å². The number of rotatable bonds is 3. The van der Waals surface area contributed by atoms with Crippen molar-refractivity contribution >= 4 is 0 Å². The van der Waals surface area contributed by atoms with Gasteiger partial charge in [0, 0.05) is 0 Å². The van der Waals surface area contributed by atoms with Gasteiger partial charge in [0.1, 0.15) is 5.76 Å². The van der Waals surface area contributed by atoms with Crippen LogP contribution in [0.25, 0.3) is 0 Å². The molecule has 11 heavy (non-hydrogen) atoms. The van der Waals surface area contributed by atoms with Crippen molar-refractivity contribution in [1.82, 2.24) is 0 Å². The lowest BCUT2D eigenvalue weighted by atomic mass is 10.2. The van der Waals surface area contributed by atoms with Gasteiger partial charge in [0.15, 0.2) is 0 Å². The van der Waals surface area contributed by atoms with Gasteiger partial charge in [-0.15, -0.1) is 5.73 Å². The molecule has 0 N–H and O–H groups in total. The molecule has 0 aromatic rings. The molecule has 0 radical (unpaired) electrons. The molecule has 0 aliphatic carbocycles. The molecule has 0 saturated heterocycles. The lowest BCUT2D eigenvalue weighted by molar-refractivity contribution is 0.303. The Kier molecular flexibility index (Phi) is 4.97. The van der Waals surface area contributed by atoms with Gasteiger partial charge in [-0.2, -0.15) is 0 Å². The van der Waals surface area contributed by atoms with Crippen LogP contribution < -0.4 is 0 Å². The Morgan fingerprint density at radius 2 is 2.18 bits per heavy atom. The Balaban J connectivity index is 4.66. The number of allylic oxidation sites excluding steroid dienone is 4. The molecule has 0 heterocycles. The fourth-order valence-electron chi connectivity index (χ4n) is 0.736. The summed E-state index contributed by atoms with van der Waals surface area (Å²) in [6.45, 7) is 7.39. The Hall–Kier alpha value is -1.20. The third-order valence-electron chi connectivity index (χ3n) is 1.25. The molecule has 0 unspecified atom stereocenters. The van der Waals surface area contributed by atoms with Crippen molar-refractivity contribution in [3.05, 3.63) is 41.9 Å². The normalized spacial score (nSPS) is 12.3. The van der Waals surface area contributed by atoms with E-state index in [2.05, 4.69) is 12.3 Å². The third-order valence-corrected chi connectivity index (χ3v) is 1.25. The first-order valence-corrected chi connectivity index (χ1v) is 3.49. The van der Waals surface area contributed by atoms with Gasteiger partial charge < -0.3 is 4.74 Å². The van der Waals surface area contributed by atoms with Gasteiger partial charge in [-0.3, -0.25) is 0 Å². The van der Waals surface area contributed by atoms with Crippen LogP contribution in [0.5, 0.6) is 0 Å². The molecule has 0 bridgehead atoms. The van der Waals surface area contributed by atoms with Gasteiger partial charge in [-0.1, -0.05) is 12.7 Å². The largest absolute Gasteiger partial charge is 0.496 e. The van der Waals surface area contributed by atoms with Crippen molar-refractivity contribution in [2.24, 2.45) is 0 Å². The Morgan fingerprint density at radius 3 is 2.55 bits per heavy atom. The van der Waals surface area contributed by atoms with E-state index in [1.165, 1.54) is 0 Å². The standard InChI is InChI=1S/C10H14O/c1-5-7-9(3)10(11-4)8-6-2/h6-8H,1H2,2-4H3/b8-6-,10-9+. The highest BCUT2D eigenvalue weighted by Gasteiger charge is 1.92. The summed E-state index contributed by atoms with van der Waals surface area (Å²) in [4.78, 5) is 0. The quantitative estimate of drug-likeness (QED) is 0.341. The molecule has 0 aromatic heterocycles. The third kappa shape index (κ3) is 3.49. The zero-order valence-corrected chi connectivity index (χ0v) is 7.35. The van der Waals surface area contributed by atoms with Crippen LogP contribution in [0.3, 0.4) is 0 Å². The molecule has 0 amide bonds. The minimum atomic E-state index is 0.851. The summed E-state index contributed by atoms with van der Waals surface area (Å²) < 4.78 is 5.10. The number of ether oxygens (including phenoxy) is 1. The fraction of sp³-hybridized carbons (Fsp3) is 0.300. The molecule has 60 valence electrons. The first-order chi connectivity index (χ1) is 5.26. The lowest BCUT2D eigenvalue weighted by Crippen LogP contribution is -1.84. The van der Waals surface area contributed by atoms with Crippen molar-refractivity contribution in [2.45, 2.75) is 13.8 Å². The first-order valence-electron chi connectivity index (χ1n) is 3.49. The maximum atomic E-state index is 5.10. The van der Waals surface area contributed by atoms with E-state index in [1.54, 1.807) is 13.2 Å². The van der Waals surface area contributed by atoms with Crippen molar-refractivity contribution < 1.29 is 4.74 Å². The first kappa shape index (κ1) is 9.80. The summed E-state index contributed by atoms with van der Waals surface area (Å²) in [5, 5.41) is 0. The van der Waals surface area contributed by atoms with Gasteiger partial charge in [0.2, 0.25) is 0 Å². The minimum Gasteiger partial charge on any atom is -0.496 e. The molecule has 0 atom stereocenters. The van der Waals surface area contributed by atoms with Crippen LogP contribution in [0.15, 0.2) is 41.9 Å². The summed E-state index contributed by atoms with van der Waals surface area (Å²) in [7, 11) is 1.65. The monoisotopic (exact) mass is 150 g/mol. The number of methoxy groups -OCH3 is 1. The molecule has 0 saturated carbocycles. The van der Waals surface area contributed by atoms with Crippen molar-refractivity contribution in [1.29, 1.82) is 0 Å².